The van der Waals surface area contributed by atoms with Gasteiger partial charge in [-0.1, -0.05) is 23.8 Å². The standard InChI is InChI=1S/C15H16N2/c1-10-3-2-4-12(7-10)15-14(16)8-13(9-17-15)11-5-6-11/h2-4,7-9,11H,5-6,16H2,1H3. The second kappa shape index (κ2) is 3.88. The van der Waals surface area contributed by atoms with E-state index in [-0.39, 0.29) is 0 Å². The second-order valence-electron chi connectivity index (χ2n) is 4.85. The minimum Gasteiger partial charge on any atom is -0.397 e. The maximum Gasteiger partial charge on any atom is 0.0931 e. The lowest BCUT2D eigenvalue weighted by Gasteiger charge is -2.07. The summed E-state index contributed by atoms with van der Waals surface area (Å²) in [5.41, 5.74) is 11.4. The van der Waals surface area contributed by atoms with Crippen molar-refractivity contribution in [2.45, 2.75) is 25.7 Å². The molecular weight excluding hydrogens is 208 g/mol. The van der Waals surface area contributed by atoms with Crippen molar-refractivity contribution in [2.24, 2.45) is 0 Å². The molecule has 0 spiro atoms. The van der Waals surface area contributed by atoms with Crippen LogP contribution in [0.25, 0.3) is 11.3 Å². The summed E-state index contributed by atoms with van der Waals surface area (Å²) in [4.78, 5) is 4.53. The van der Waals surface area contributed by atoms with Crippen molar-refractivity contribution in [1.29, 1.82) is 0 Å². The zero-order valence-electron chi connectivity index (χ0n) is 9.98. The summed E-state index contributed by atoms with van der Waals surface area (Å²) in [6.45, 7) is 2.08. The van der Waals surface area contributed by atoms with Crippen LogP contribution in [0.3, 0.4) is 0 Å². The maximum atomic E-state index is 6.11. The summed E-state index contributed by atoms with van der Waals surface area (Å²) < 4.78 is 0. The van der Waals surface area contributed by atoms with E-state index < -0.39 is 0 Å². The van der Waals surface area contributed by atoms with E-state index in [1.165, 1.54) is 24.0 Å². The van der Waals surface area contributed by atoms with Gasteiger partial charge in [0.05, 0.1) is 11.4 Å². The average Bonchev–Trinajstić information content (AvgIpc) is 3.12. The van der Waals surface area contributed by atoms with Crippen LogP contribution in [0.1, 0.15) is 29.9 Å². The average molecular weight is 224 g/mol. The molecule has 1 saturated carbocycles. The van der Waals surface area contributed by atoms with Crippen molar-refractivity contribution in [2.75, 3.05) is 5.73 Å². The number of nitrogens with zero attached hydrogens (tertiary/aromatic N) is 1. The van der Waals surface area contributed by atoms with Gasteiger partial charge in [-0.3, -0.25) is 4.98 Å². The Balaban J connectivity index is 2.02. The Morgan fingerprint density at radius 1 is 1.24 bits per heavy atom. The number of pyridine rings is 1. The summed E-state index contributed by atoms with van der Waals surface area (Å²) in [5, 5.41) is 0. The normalized spacial score (nSPS) is 14.9. The maximum absolute atomic E-state index is 6.11. The molecule has 1 heterocycles. The van der Waals surface area contributed by atoms with Crippen LogP contribution in [0, 0.1) is 6.92 Å². The first-order chi connectivity index (χ1) is 8.24. The number of anilines is 1. The quantitative estimate of drug-likeness (QED) is 0.847. The van der Waals surface area contributed by atoms with E-state index in [0.717, 1.165) is 16.9 Å². The number of nitrogen functional groups attached to an aromatic ring is 1. The van der Waals surface area contributed by atoms with Gasteiger partial charge in [-0.15, -0.1) is 0 Å². The molecule has 0 unspecified atom stereocenters. The van der Waals surface area contributed by atoms with E-state index >= 15 is 0 Å². The molecule has 2 N–H and O–H groups in total. The SMILES string of the molecule is Cc1cccc(-c2ncc(C3CC3)cc2N)c1. The number of rotatable bonds is 2. The Kier molecular flexibility index (Phi) is 2.36. The lowest BCUT2D eigenvalue weighted by molar-refractivity contribution is 1.10. The number of hydrogen-bond acceptors (Lipinski definition) is 2. The second-order valence-corrected chi connectivity index (χ2v) is 4.85. The summed E-state index contributed by atoms with van der Waals surface area (Å²) >= 11 is 0. The summed E-state index contributed by atoms with van der Waals surface area (Å²) in [7, 11) is 0. The summed E-state index contributed by atoms with van der Waals surface area (Å²) in [6.07, 6.45) is 4.54. The van der Waals surface area contributed by atoms with Gasteiger partial charge in [0.2, 0.25) is 0 Å². The molecule has 0 amide bonds. The molecule has 2 aromatic rings. The van der Waals surface area contributed by atoms with Gasteiger partial charge in [0.1, 0.15) is 0 Å². The summed E-state index contributed by atoms with van der Waals surface area (Å²) in [6, 6.07) is 10.4. The Bertz CT molecular complexity index is 557. The van der Waals surface area contributed by atoms with Crippen molar-refractivity contribution >= 4 is 5.69 Å². The first-order valence-corrected chi connectivity index (χ1v) is 6.06. The van der Waals surface area contributed by atoms with E-state index in [1.807, 2.05) is 12.3 Å². The molecule has 1 fully saturated rings. The third-order valence-corrected chi connectivity index (χ3v) is 3.28. The van der Waals surface area contributed by atoms with Crippen molar-refractivity contribution in [3.63, 3.8) is 0 Å². The van der Waals surface area contributed by atoms with Crippen LogP contribution in [-0.4, -0.2) is 4.98 Å². The van der Waals surface area contributed by atoms with Gasteiger partial charge in [0.15, 0.2) is 0 Å². The van der Waals surface area contributed by atoms with Crippen LogP contribution < -0.4 is 5.73 Å². The van der Waals surface area contributed by atoms with E-state index in [9.17, 15) is 0 Å². The van der Waals surface area contributed by atoms with Crippen LogP contribution >= 0.6 is 0 Å². The highest BCUT2D eigenvalue weighted by Crippen LogP contribution is 2.41. The van der Waals surface area contributed by atoms with E-state index in [4.69, 9.17) is 5.73 Å². The van der Waals surface area contributed by atoms with Crippen molar-refractivity contribution in [1.82, 2.24) is 4.98 Å². The fourth-order valence-corrected chi connectivity index (χ4v) is 2.17. The van der Waals surface area contributed by atoms with E-state index in [1.54, 1.807) is 0 Å². The fourth-order valence-electron chi connectivity index (χ4n) is 2.17. The highest BCUT2D eigenvalue weighted by atomic mass is 14.7. The molecule has 2 nitrogen and oxygen atoms in total. The predicted octanol–water partition coefficient (Wildman–Crippen LogP) is 3.52. The fraction of sp³-hybridized carbons (Fsp3) is 0.267. The molecule has 86 valence electrons. The van der Waals surface area contributed by atoms with Crippen LogP contribution in [0.2, 0.25) is 0 Å². The van der Waals surface area contributed by atoms with Gasteiger partial charge in [-0.25, -0.2) is 0 Å². The number of aryl methyl sites for hydroxylation is 1. The molecule has 0 aliphatic heterocycles. The zero-order valence-corrected chi connectivity index (χ0v) is 9.98. The summed E-state index contributed by atoms with van der Waals surface area (Å²) in [5.74, 6) is 0.705. The molecule has 17 heavy (non-hydrogen) atoms. The molecule has 0 saturated heterocycles. The predicted molar refractivity (Wildman–Crippen MR) is 70.8 cm³/mol. The largest absolute Gasteiger partial charge is 0.397 e. The van der Waals surface area contributed by atoms with Crippen LogP contribution in [-0.2, 0) is 0 Å². The minimum atomic E-state index is 0.705. The monoisotopic (exact) mass is 224 g/mol. The highest BCUT2D eigenvalue weighted by Gasteiger charge is 2.24. The third-order valence-electron chi connectivity index (χ3n) is 3.28. The van der Waals surface area contributed by atoms with Crippen molar-refractivity contribution < 1.29 is 0 Å². The zero-order chi connectivity index (χ0) is 11.8. The molecule has 2 heteroatoms. The number of hydrogen-bond donors (Lipinski definition) is 1. The van der Waals surface area contributed by atoms with Crippen molar-refractivity contribution in [3.05, 3.63) is 47.7 Å². The van der Waals surface area contributed by atoms with Crippen LogP contribution in [0.15, 0.2) is 36.5 Å². The minimum absolute atomic E-state index is 0.705. The molecule has 1 aliphatic rings. The van der Waals surface area contributed by atoms with Gasteiger partial charge in [-0.2, -0.15) is 0 Å². The Labute approximate surface area is 102 Å². The molecule has 0 radical (unpaired) electrons. The van der Waals surface area contributed by atoms with E-state index in [0.29, 0.717) is 5.92 Å². The third kappa shape index (κ3) is 2.03. The molecule has 1 aliphatic carbocycles. The van der Waals surface area contributed by atoms with Gasteiger partial charge in [-0.05, 0) is 43.4 Å². The number of nitrogens with two attached hydrogens (primary N) is 1. The molecule has 0 atom stereocenters. The van der Waals surface area contributed by atoms with E-state index in [2.05, 4.69) is 36.2 Å². The smallest absolute Gasteiger partial charge is 0.0931 e. The Morgan fingerprint density at radius 3 is 2.71 bits per heavy atom. The van der Waals surface area contributed by atoms with Gasteiger partial charge >= 0.3 is 0 Å². The molecule has 1 aromatic heterocycles. The highest BCUT2D eigenvalue weighted by molar-refractivity contribution is 5.73. The topological polar surface area (TPSA) is 38.9 Å². The first-order valence-electron chi connectivity index (χ1n) is 6.06. The van der Waals surface area contributed by atoms with Crippen molar-refractivity contribution in [3.8, 4) is 11.3 Å². The van der Waals surface area contributed by atoms with Gasteiger partial charge in [0, 0.05) is 11.8 Å². The Hall–Kier alpha value is -1.83. The van der Waals surface area contributed by atoms with Crippen LogP contribution in [0.4, 0.5) is 5.69 Å². The molecule has 1 aromatic carbocycles. The number of aromatic nitrogens is 1. The van der Waals surface area contributed by atoms with Crippen LogP contribution in [0.5, 0.6) is 0 Å². The van der Waals surface area contributed by atoms with Gasteiger partial charge in [0.25, 0.3) is 0 Å². The first kappa shape index (κ1) is 10.3. The Morgan fingerprint density at radius 2 is 2.06 bits per heavy atom. The molecular formula is C15H16N2. The number of benzene rings is 1. The van der Waals surface area contributed by atoms with Gasteiger partial charge < -0.3 is 5.73 Å². The lowest BCUT2D eigenvalue weighted by Crippen LogP contribution is -1.95. The lowest BCUT2D eigenvalue weighted by atomic mass is 10.1. The molecule has 3 rings (SSSR count). The molecule has 0 bridgehead atoms.